The first-order chi connectivity index (χ1) is 38.4. The van der Waals surface area contributed by atoms with Crippen molar-refractivity contribution in [1.29, 1.82) is 0 Å². The minimum absolute atomic E-state index is 0.548. The second-order valence-electron chi connectivity index (χ2n) is 21.6. The Labute approximate surface area is 481 Å². The Bertz CT molecular complexity index is 2810. The Kier molecular flexibility index (Phi) is 31.2. The molecule has 1 aliphatic rings. The van der Waals surface area contributed by atoms with Crippen LogP contribution in [0.3, 0.4) is 0 Å². The van der Waals surface area contributed by atoms with Crippen molar-refractivity contribution in [2.45, 2.75) is 145 Å². The molecule has 79 heavy (non-hydrogen) atoms. The van der Waals surface area contributed by atoms with Gasteiger partial charge in [0.25, 0.3) is 0 Å². The number of unbranched alkanes of at least 4 members (excludes halogenated alkanes) is 1. The normalized spacial score (nSPS) is 11.8. The van der Waals surface area contributed by atoms with Crippen LogP contribution in [0, 0.1) is 47.5 Å². The molecule has 0 heterocycles. The summed E-state index contributed by atoms with van der Waals surface area (Å²) >= 11 is 0. The number of allylic oxidation sites excluding steroid dienone is 1. The fraction of sp³-hybridized carbons (Fsp3) is 0.291. The average molecular weight is 1050 g/mol. The van der Waals surface area contributed by atoms with Crippen LogP contribution in [-0.4, -0.2) is 0 Å². The molecule has 0 aromatic heterocycles. The van der Waals surface area contributed by atoms with Gasteiger partial charge in [0.1, 0.15) is 0 Å². The molecule has 1 aliphatic carbocycles. The fourth-order valence-electron chi connectivity index (χ4n) is 8.78. The molecule has 0 bridgehead atoms. The molecule has 10 rings (SSSR count). The Morgan fingerprint density at radius 2 is 0.722 bits per heavy atom. The van der Waals surface area contributed by atoms with E-state index >= 15 is 0 Å². The first kappa shape index (κ1) is 64.2. The Balaban J connectivity index is 0.000000207. The minimum Gasteiger partial charge on any atom is -0.103 e. The van der Waals surface area contributed by atoms with E-state index in [-0.39, 0.29) is 0 Å². The summed E-state index contributed by atoms with van der Waals surface area (Å²) in [7, 11) is 0. The highest BCUT2D eigenvalue weighted by atomic mass is 14.2. The van der Waals surface area contributed by atoms with Crippen LogP contribution in [0.2, 0.25) is 0 Å². The number of benzene rings is 9. The van der Waals surface area contributed by atoms with E-state index < -0.39 is 0 Å². The van der Waals surface area contributed by atoms with Gasteiger partial charge in [-0.2, -0.15) is 0 Å². The Hall–Kier alpha value is -7.28. The summed E-state index contributed by atoms with van der Waals surface area (Å²) in [4.78, 5) is 0. The van der Waals surface area contributed by atoms with E-state index in [4.69, 9.17) is 0 Å². The zero-order valence-electron chi connectivity index (χ0n) is 50.2. The predicted octanol–water partition coefficient (Wildman–Crippen LogP) is 23.3. The summed E-state index contributed by atoms with van der Waals surface area (Å²) in [5.41, 5.74) is 18.7. The van der Waals surface area contributed by atoms with Gasteiger partial charge in [0.15, 0.2) is 0 Å². The van der Waals surface area contributed by atoms with Crippen molar-refractivity contribution >= 4 is 0 Å². The SMILES string of the molecule is C=CCCCC1CCC1.CCC(C)c1ccccc1.CCCc1ccccc1.Cc1ccc(-c2ccc(C)cc2)cc1.Cc1ccc(-c2ccc(CC(C)c3ccccc3)cc2)cc1.Cc1ccc(C)cc1.Cc1ccccc1. The maximum absolute atomic E-state index is 3.70. The van der Waals surface area contributed by atoms with Crippen molar-refractivity contribution in [3.63, 3.8) is 0 Å². The van der Waals surface area contributed by atoms with Gasteiger partial charge in [0.05, 0.1) is 0 Å². The Morgan fingerprint density at radius 1 is 0.392 bits per heavy atom. The fourth-order valence-corrected chi connectivity index (χ4v) is 8.78. The molecule has 0 N–H and O–H groups in total. The molecule has 9 aromatic carbocycles. The first-order valence-corrected chi connectivity index (χ1v) is 29.5. The van der Waals surface area contributed by atoms with Gasteiger partial charge in [-0.25, -0.2) is 0 Å². The second kappa shape index (κ2) is 38.3. The van der Waals surface area contributed by atoms with Crippen LogP contribution in [0.5, 0.6) is 0 Å². The van der Waals surface area contributed by atoms with Crippen LogP contribution in [-0.2, 0) is 12.8 Å². The van der Waals surface area contributed by atoms with Gasteiger partial charge in [0.2, 0.25) is 0 Å². The van der Waals surface area contributed by atoms with Gasteiger partial charge >= 0.3 is 0 Å². The van der Waals surface area contributed by atoms with E-state index in [0.717, 1.165) is 12.3 Å². The van der Waals surface area contributed by atoms with E-state index in [0.29, 0.717) is 11.8 Å². The molecule has 2 atom stereocenters. The molecule has 1 saturated carbocycles. The molecular formula is C79H96. The van der Waals surface area contributed by atoms with Crippen molar-refractivity contribution in [2.24, 2.45) is 5.92 Å². The lowest BCUT2D eigenvalue weighted by molar-refractivity contribution is 0.290. The van der Waals surface area contributed by atoms with E-state index in [2.05, 4.69) is 300 Å². The first-order valence-electron chi connectivity index (χ1n) is 29.5. The summed E-state index contributed by atoms with van der Waals surface area (Å²) in [5, 5.41) is 0. The predicted molar refractivity (Wildman–Crippen MR) is 351 cm³/mol. The third-order valence-electron chi connectivity index (χ3n) is 14.5. The highest BCUT2D eigenvalue weighted by molar-refractivity contribution is 5.64. The molecule has 0 nitrogen and oxygen atoms in total. The second-order valence-corrected chi connectivity index (χ2v) is 21.6. The van der Waals surface area contributed by atoms with Crippen LogP contribution >= 0.6 is 0 Å². The highest BCUT2D eigenvalue weighted by Crippen LogP contribution is 2.31. The van der Waals surface area contributed by atoms with Gasteiger partial charge in [-0.15, -0.1) is 6.58 Å². The maximum atomic E-state index is 3.70. The van der Waals surface area contributed by atoms with Crippen molar-refractivity contribution in [3.8, 4) is 22.3 Å². The van der Waals surface area contributed by atoms with Gasteiger partial charge < -0.3 is 0 Å². The van der Waals surface area contributed by atoms with Gasteiger partial charge in [-0.05, 0) is 136 Å². The van der Waals surface area contributed by atoms with Crippen LogP contribution < -0.4 is 0 Å². The van der Waals surface area contributed by atoms with Gasteiger partial charge in [-0.1, -0.05) is 342 Å². The van der Waals surface area contributed by atoms with Crippen LogP contribution in [0.1, 0.15) is 147 Å². The number of hydrogen-bond acceptors (Lipinski definition) is 0. The summed E-state index contributed by atoms with van der Waals surface area (Å²) in [6.45, 7) is 25.3. The monoisotopic (exact) mass is 1040 g/mol. The molecule has 1 fully saturated rings. The number of rotatable bonds is 13. The van der Waals surface area contributed by atoms with Crippen LogP contribution in [0.15, 0.2) is 255 Å². The average Bonchev–Trinajstić information content (AvgIpc) is 3.47. The van der Waals surface area contributed by atoms with Crippen molar-refractivity contribution in [1.82, 2.24) is 0 Å². The minimum atomic E-state index is 0.548. The molecule has 0 amide bonds. The Morgan fingerprint density at radius 3 is 1.04 bits per heavy atom. The third kappa shape index (κ3) is 27.2. The number of hydrogen-bond donors (Lipinski definition) is 0. The quantitative estimate of drug-likeness (QED) is 0.0797. The summed E-state index contributed by atoms with van der Waals surface area (Å²) in [6.07, 6.45) is 15.3. The summed E-state index contributed by atoms with van der Waals surface area (Å²) in [5.74, 6) is 2.34. The van der Waals surface area contributed by atoms with Crippen molar-refractivity contribution in [3.05, 3.63) is 311 Å². The van der Waals surface area contributed by atoms with Crippen LogP contribution in [0.4, 0.5) is 0 Å². The van der Waals surface area contributed by atoms with E-state index in [1.165, 1.54) is 136 Å². The molecule has 9 aromatic rings. The molecule has 0 aliphatic heterocycles. The lowest BCUT2D eigenvalue weighted by Crippen LogP contribution is -2.09. The lowest BCUT2D eigenvalue weighted by Gasteiger charge is -2.24. The van der Waals surface area contributed by atoms with E-state index in [1.54, 1.807) is 0 Å². The molecule has 0 heteroatoms. The van der Waals surface area contributed by atoms with Crippen molar-refractivity contribution in [2.75, 3.05) is 0 Å². The van der Waals surface area contributed by atoms with Crippen LogP contribution in [0.25, 0.3) is 22.3 Å². The van der Waals surface area contributed by atoms with Crippen molar-refractivity contribution < 1.29 is 0 Å². The molecule has 0 radical (unpaired) electrons. The standard InChI is InChI=1S/C22H22.C14H14.C10H14.C9H12.C9H16.C8H10.C7H8/c1-17-8-12-21(13-9-17)22-14-10-19(11-15-22)16-18(2)20-6-4-3-5-7-20;1-11-3-7-13(8-4-11)14-9-5-12(2)6-10-14;1-3-9(2)10-7-5-4-6-8-10;1-2-6-9-7-4-3-5-8-9;1-2-3-4-6-9-7-5-8-9;1-7-3-5-8(2)6-4-7;1-7-5-3-2-4-6-7/h3-15,18H,16H2,1-2H3;3-10H,1-2H3;4-9H,3H2,1-2H3;3-5,7-8H,2,6H2,1H3;2,9H,1,3-8H2;3-6H,1-2H3;2-6H,1H3. The van der Waals surface area contributed by atoms with E-state index in [9.17, 15) is 0 Å². The highest BCUT2D eigenvalue weighted by Gasteiger charge is 2.15. The zero-order valence-corrected chi connectivity index (χ0v) is 50.2. The third-order valence-corrected chi connectivity index (χ3v) is 14.5. The molecular weight excluding hydrogens is 949 g/mol. The topological polar surface area (TPSA) is 0 Å². The number of aryl methyl sites for hydroxylation is 7. The zero-order chi connectivity index (χ0) is 56.9. The largest absolute Gasteiger partial charge is 0.103 e. The summed E-state index contributed by atoms with van der Waals surface area (Å²) in [6, 6.07) is 85.6. The van der Waals surface area contributed by atoms with Gasteiger partial charge in [-0.3, -0.25) is 0 Å². The van der Waals surface area contributed by atoms with Gasteiger partial charge in [0, 0.05) is 0 Å². The molecule has 0 spiro atoms. The molecule has 2 unspecified atom stereocenters. The maximum Gasteiger partial charge on any atom is -0.0150 e. The molecule has 0 saturated heterocycles. The summed E-state index contributed by atoms with van der Waals surface area (Å²) < 4.78 is 0. The molecule has 412 valence electrons. The lowest BCUT2D eigenvalue weighted by atomic mass is 9.82. The smallest absolute Gasteiger partial charge is 0.0150 e. The van der Waals surface area contributed by atoms with E-state index in [1.807, 2.05) is 24.3 Å².